The molecule has 0 unspecified atom stereocenters. The van der Waals surface area contributed by atoms with E-state index in [0.29, 0.717) is 12.0 Å². The maximum Gasteiger partial charge on any atom is 0.166 e. The summed E-state index contributed by atoms with van der Waals surface area (Å²) in [6, 6.07) is 5.64. The predicted octanol–water partition coefficient (Wildman–Crippen LogP) is 3.36. The van der Waals surface area contributed by atoms with Crippen LogP contribution in [0.2, 0.25) is 0 Å². The molecule has 0 atom stereocenters. The third-order valence-corrected chi connectivity index (χ3v) is 2.10. The number of hydrogen-bond acceptors (Lipinski definition) is 1. The monoisotopic (exact) mass is 192 g/mol. The van der Waals surface area contributed by atoms with Crippen LogP contribution in [-0.4, -0.2) is 5.78 Å². The molecule has 0 fully saturated rings. The second kappa shape index (κ2) is 4.70. The summed E-state index contributed by atoms with van der Waals surface area (Å²) in [5.74, 6) is -0.287. The molecule has 0 radical (unpaired) electrons. The fourth-order valence-corrected chi connectivity index (χ4v) is 1.09. The number of carbonyl (C=O) groups is 1. The van der Waals surface area contributed by atoms with E-state index in [9.17, 15) is 9.18 Å². The van der Waals surface area contributed by atoms with Gasteiger partial charge in [-0.3, -0.25) is 4.79 Å². The van der Waals surface area contributed by atoms with Crippen molar-refractivity contribution in [3.63, 3.8) is 0 Å². The standard InChI is InChI=1S/C12H13FO/c1-3-9(2)8-12(14)10-4-6-11(13)7-5-10/h3-7H,8H2,1-2H3/b9-3-. The van der Waals surface area contributed by atoms with E-state index in [2.05, 4.69) is 0 Å². The number of hydrogen-bond donors (Lipinski definition) is 0. The summed E-state index contributed by atoms with van der Waals surface area (Å²) in [6.07, 6.45) is 2.31. The van der Waals surface area contributed by atoms with Gasteiger partial charge in [0, 0.05) is 12.0 Å². The summed E-state index contributed by atoms with van der Waals surface area (Å²) in [6.45, 7) is 3.80. The van der Waals surface area contributed by atoms with Gasteiger partial charge in [-0.05, 0) is 38.1 Å². The van der Waals surface area contributed by atoms with E-state index in [4.69, 9.17) is 0 Å². The van der Waals surface area contributed by atoms with Gasteiger partial charge >= 0.3 is 0 Å². The number of halogens is 1. The molecule has 14 heavy (non-hydrogen) atoms. The van der Waals surface area contributed by atoms with Crippen molar-refractivity contribution in [3.05, 3.63) is 47.3 Å². The SMILES string of the molecule is C/C=C(/C)CC(=O)c1ccc(F)cc1. The van der Waals surface area contributed by atoms with E-state index in [1.165, 1.54) is 24.3 Å². The van der Waals surface area contributed by atoms with Crippen LogP contribution in [0.15, 0.2) is 35.9 Å². The Morgan fingerprint density at radius 3 is 2.43 bits per heavy atom. The molecule has 0 saturated carbocycles. The van der Waals surface area contributed by atoms with Crippen LogP contribution < -0.4 is 0 Å². The summed E-state index contributed by atoms with van der Waals surface area (Å²) in [5.41, 5.74) is 1.59. The molecule has 0 aromatic heterocycles. The Morgan fingerprint density at radius 1 is 1.36 bits per heavy atom. The van der Waals surface area contributed by atoms with Gasteiger partial charge in [0.2, 0.25) is 0 Å². The lowest BCUT2D eigenvalue weighted by molar-refractivity contribution is 0.0993. The van der Waals surface area contributed by atoms with Crippen LogP contribution in [-0.2, 0) is 0 Å². The highest BCUT2D eigenvalue weighted by atomic mass is 19.1. The third kappa shape index (κ3) is 2.80. The van der Waals surface area contributed by atoms with Crippen LogP contribution >= 0.6 is 0 Å². The average molecular weight is 192 g/mol. The molecule has 0 saturated heterocycles. The van der Waals surface area contributed by atoms with Crippen molar-refractivity contribution in [3.8, 4) is 0 Å². The summed E-state index contributed by atoms with van der Waals surface area (Å²) < 4.78 is 12.6. The summed E-state index contributed by atoms with van der Waals surface area (Å²) in [7, 11) is 0. The Morgan fingerprint density at radius 2 is 1.93 bits per heavy atom. The molecule has 1 nitrogen and oxygen atoms in total. The van der Waals surface area contributed by atoms with E-state index in [-0.39, 0.29) is 11.6 Å². The van der Waals surface area contributed by atoms with E-state index in [1.54, 1.807) is 0 Å². The number of Topliss-reactive ketones (excluding diaryl/α,β-unsaturated/α-hetero) is 1. The Labute approximate surface area is 83.3 Å². The average Bonchev–Trinajstić information content (AvgIpc) is 2.18. The van der Waals surface area contributed by atoms with E-state index in [1.807, 2.05) is 19.9 Å². The number of benzene rings is 1. The third-order valence-electron chi connectivity index (χ3n) is 2.10. The van der Waals surface area contributed by atoms with Crippen LogP contribution in [0.3, 0.4) is 0 Å². The molecule has 0 N–H and O–H groups in total. The van der Waals surface area contributed by atoms with E-state index >= 15 is 0 Å². The van der Waals surface area contributed by atoms with Crippen LogP contribution in [0.25, 0.3) is 0 Å². The Kier molecular flexibility index (Phi) is 3.57. The molecule has 1 aromatic rings. The van der Waals surface area contributed by atoms with Crippen molar-refractivity contribution in [2.75, 3.05) is 0 Å². The molecule has 0 amide bonds. The largest absolute Gasteiger partial charge is 0.294 e. The quantitative estimate of drug-likeness (QED) is 0.530. The number of carbonyl (C=O) groups excluding carboxylic acids is 1. The first kappa shape index (κ1) is 10.6. The van der Waals surface area contributed by atoms with Crippen molar-refractivity contribution < 1.29 is 9.18 Å². The summed E-state index contributed by atoms with van der Waals surface area (Å²) in [4.78, 5) is 11.6. The minimum absolute atomic E-state index is 0.0283. The fourth-order valence-electron chi connectivity index (χ4n) is 1.09. The summed E-state index contributed by atoms with van der Waals surface area (Å²) in [5, 5.41) is 0. The van der Waals surface area contributed by atoms with Crippen LogP contribution in [0, 0.1) is 5.82 Å². The van der Waals surface area contributed by atoms with E-state index < -0.39 is 0 Å². The number of allylic oxidation sites excluding steroid dienone is 2. The second-order valence-corrected chi connectivity index (χ2v) is 3.24. The zero-order chi connectivity index (χ0) is 10.6. The molecule has 0 aliphatic carbocycles. The first-order chi connectivity index (χ1) is 6.63. The molecular weight excluding hydrogens is 179 g/mol. The zero-order valence-electron chi connectivity index (χ0n) is 8.38. The molecule has 0 aliphatic heterocycles. The molecule has 0 spiro atoms. The van der Waals surface area contributed by atoms with Gasteiger partial charge in [-0.1, -0.05) is 11.6 Å². The van der Waals surface area contributed by atoms with Crippen molar-refractivity contribution in [1.82, 2.24) is 0 Å². The second-order valence-electron chi connectivity index (χ2n) is 3.24. The lowest BCUT2D eigenvalue weighted by Crippen LogP contribution is -1.99. The van der Waals surface area contributed by atoms with Crippen molar-refractivity contribution >= 4 is 5.78 Å². The Bertz CT molecular complexity index is 349. The van der Waals surface area contributed by atoms with Gasteiger partial charge in [-0.15, -0.1) is 0 Å². The Balaban J connectivity index is 2.75. The first-order valence-corrected chi connectivity index (χ1v) is 4.54. The molecule has 2 heteroatoms. The van der Waals surface area contributed by atoms with Gasteiger partial charge in [0.1, 0.15) is 5.82 Å². The summed E-state index contributed by atoms with van der Waals surface area (Å²) >= 11 is 0. The van der Waals surface area contributed by atoms with Gasteiger partial charge in [0.05, 0.1) is 0 Å². The molecule has 0 heterocycles. The number of rotatable bonds is 3. The first-order valence-electron chi connectivity index (χ1n) is 4.54. The molecule has 0 aliphatic rings. The molecule has 0 bridgehead atoms. The van der Waals surface area contributed by atoms with Crippen LogP contribution in [0.1, 0.15) is 30.6 Å². The Hall–Kier alpha value is -1.44. The maximum absolute atomic E-state index is 12.6. The van der Waals surface area contributed by atoms with Gasteiger partial charge in [0.25, 0.3) is 0 Å². The topological polar surface area (TPSA) is 17.1 Å². The highest BCUT2D eigenvalue weighted by Crippen LogP contribution is 2.09. The molecule has 1 rings (SSSR count). The van der Waals surface area contributed by atoms with Crippen molar-refractivity contribution in [2.45, 2.75) is 20.3 Å². The van der Waals surface area contributed by atoms with Gasteiger partial charge in [0.15, 0.2) is 5.78 Å². The normalized spacial score (nSPS) is 11.5. The number of ketones is 1. The lowest BCUT2D eigenvalue weighted by Gasteiger charge is -2.00. The van der Waals surface area contributed by atoms with Crippen molar-refractivity contribution in [2.24, 2.45) is 0 Å². The smallest absolute Gasteiger partial charge is 0.166 e. The highest BCUT2D eigenvalue weighted by molar-refractivity contribution is 5.97. The molecule has 74 valence electrons. The maximum atomic E-state index is 12.6. The zero-order valence-corrected chi connectivity index (χ0v) is 8.38. The van der Waals surface area contributed by atoms with Gasteiger partial charge in [-0.2, -0.15) is 0 Å². The van der Waals surface area contributed by atoms with Gasteiger partial charge in [-0.25, -0.2) is 4.39 Å². The predicted molar refractivity (Wildman–Crippen MR) is 54.8 cm³/mol. The minimum atomic E-state index is -0.315. The fraction of sp³-hybridized carbons (Fsp3) is 0.250. The lowest BCUT2D eigenvalue weighted by atomic mass is 10.0. The van der Waals surface area contributed by atoms with Crippen molar-refractivity contribution in [1.29, 1.82) is 0 Å². The van der Waals surface area contributed by atoms with Crippen LogP contribution in [0.5, 0.6) is 0 Å². The highest BCUT2D eigenvalue weighted by Gasteiger charge is 2.05. The van der Waals surface area contributed by atoms with Gasteiger partial charge < -0.3 is 0 Å². The molecule has 1 aromatic carbocycles. The molecular formula is C12H13FO. The van der Waals surface area contributed by atoms with Crippen LogP contribution in [0.4, 0.5) is 4.39 Å². The van der Waals surface area contributed by atoms with E-state index in [0.717, 1.165) is 5.57 Å². The minimum Gasteiger partial charge on any atom is -0.294 e.